The maximum absolute atomic E-state index is 11.8. The maximum Gasteiger partial charge on any atom is 0.308 e. The fourth-order valence-electron chi connectivity index (χ4n) is 1.92. The van der Waals surface area contributed by atoms with E-state index < -0.39 is 0 Å². The van der Waals surface area contributed by atoms with Gasteiger partial charge in [0, 0.05) is 24.0 Å². The average molecular weight is 356 g/mol. The van der Waals surface area contributed by atoms with Crippen molar-refractivity contribution in [3.63, 3.8) is 0 Å². The quantitative estimate of drug-likeness (QED) is 0.271. The zero-order valence-electron chi connectivity index (χ0n) is 14.2. The van der Waals surface area contributed by atoms with Crippen molar-refractivity contribution in [2.75, 3.05) is 5.75 Å². The van der Waals surface area contributed by atoms with E-state index in [9.17, 15) is 9.59 Å². The molecule has 0 heterocycles. The van der Waals surface area contributed by atoms with Gasteiger partial charge in [0.1, 0.15) is 5.75 Å². The van der Waals surface area contributed by atoms with Crippen molar-refractivity contribution in [1.29, 1.82) is 0 Å². The molecule has 5 nitrogen and oxygen atoms in total. The third-order valence-corrected chi connectivity index (χ3v) is 4.18. The first kappa shape index (κ1) is 18.7. The van der Waals surface area contributed by atoms with Crippen LogP contribution in [0.4, 0.5) is 0 Å². The molecule has 6 heteroatoms. The summed E-state index contributed by atoms with van der Waals surface area (Å²) in [6.45, 7) is 3.39. The van der Waals surface area contributed by atoms with Crippen LogP contribution in [0.15, 0.2) is 58.5 Å². The average Bonchev–Trinajstić information content (AvgIpc) is 2.58. The van der Waals surface area contributed by atoms with Crippen LogP contribution in [0.25, 0.3) is 0 Å². The van der Waals surface area contributed by atoms with Gasteiger partial charge in [0.05, 0.1) is 6.21 Å². The lowest BCUT2D eigenvalue weighted by Gasteiger charge is -2.02. The molecule has 1 amide bonds. The highest BCUT2D eigenvalue weighted by Gasteiger charge is 2.01. The first-order valence-electron chi connectivity index (χ1n) is 7.83. The Morgan fingerprint density at radius 3 is 2.44 bits per heavy atom. The van der Waals surface area contributed by atoms with Crippen LogP contribution in [0.5, 0.6) is 5.75 Å². The third kappa shape index (κ3) is 7.22. The summed E-state index contributed by atoms with van der Waals surface area (Å²) in [4.78, 5) is 23.7. The molecule has 2 rings (SSSR count). The van der Waals surface area contributed by atoms with Gasteiger partial charge in [0.25, 0.3) is 0 Å². The number of thioether (sulfide) groups is 1. The molecule has 25 heavy (non-hydrogen) atoms. The number of hydrazone groups is 1. The van der Waals surface area contributed by atoms with Crippen molar-refractivity contribution in [3.8, 4) is 5.75 Å². The molecule has 2 aromatic rings. The van der Waals surface area contributed by atoms with E-state index in [0.717, 1.165) is 10.5 Å². The van der Waals surface area contributed by atoms with Gasteiger partial charge in [-0.15, -0.1) is 11.8 Å². The second kappa shape index (κ2) is 9.64. The van der Waals surface area contributed by atoms with Crippen LogP contribution in [0.1, 0.15) is 24.5 Å². The molecule has 0 aliphatic carbocycles. The van der Waals surface area contributed by atoms with Gasteiger partial charge < -0.3 is 4.74 Å². The molecule has 130 valence electrons. The number of carbonyl (C=O) groups excluding carboxylic acids is 2. The minimum atomic E-state index is -0.364. The molecule has 1 N–H and O–H groups in total. The first-order valence-corrected chi connectivity index (χ1v) is 8.81. The molecule has 0 unspecified atom stereocenters. The lowest BCUT2D eigenvalue weighted by molar-refractivity contribution is -0.131. The Labute approximate surface area is 151 Å². The molecule has 0 aliphatic rings. The summed E-state index contributed by atoms with van der Waals surface area (Å²) >= 11 is 1.64. The molecule has 2 aromatic carbocycles. The van der Waals surface area contributed by atoms with E-state index in [1.807, 2.05) is 6.92 Å². The third-order valence-electron chi connectivity index (χ3n) is 3.16. The molecular weight excluding hydrogens is 336 g/mol. The van der Waals surface area contributed by atoms with Crippen molar-refractivity contribution < 1.29 is 14.3 Å². The van der Waals surface area contributed by atoms with E-state index in [0.29, 0.717) is 17.9 Å². The number of hydrogen-bond donors (Lipinski definition) is 1. The Morgan fingerprint density at radius 1 is 1.12 bits per heavy atom. The van der Waals surface area contributed by atoms with E-state index >= 15 is 0 Å². The second-order valence-corrected chi connectivity index (χ2v) is 6.54. The van der Waals surface area contributed by atoms with E-state index in [2.05, 4.69) is 34.8 Å². The topological polar surface area (TPSA) is 67.8 Å². The molecule has 0 spiro atoms. The number of benzene rings is 2. The highest BCUT2D eigenvalue weighted by atomic mass is 32.2. The van der Waals surface area contributed by atoms with Crippen molar-refractivity contribution in [1.82, 2.24) is 5.43 Å². The summed E-state index contributed by atoms with van der Waals surface area (Å²) in [6.07, 6.45) is 1.93. The summed E-state index contributed by atoms with van der Waals surface area (Å²) in [6, 6.07) is 15.1. The fraction of sp³-hybridized carbons (Fsp3) is 0.211. The Morgan fingerprint density at radius 2 is 1.80 bits per heavy atom. The number of carbonyl (C=O) groups is 2. The number of ether oxygens (including phenoxy) is 1. The lowest BCUT2D eigenvalue weighted by atomic mass is 10.2. The number of nitrogens with zero attached hydrogens (tertiary/aromatic N) is 1. The predicted octanol–water partition coefficient (Wildman–Crippen LogP) is 3.55. The highest BCUT2D eigenvalue weighted by Crippen LogP contribution is 2.18. The molecule has 0 radical (unpaired) electrons. The molecule has 0 saturated carbocycles. The zero-order valence-corrected chi connectivity index (χ0v) is 15.0. The normalized spacial score (nSPS) is 10.6. The van der Waals surface area contributed by atoms with Gasteiger partial charge in [0.2, 0.25) is 5.91 Å². The summed E-state index contributed by atoms with van der Waals surface area (Å²) in [7, 11) is 0. The monoisotopic (exact) mass is 356 g/mol. The number of aryl methyl sites for hydroxylation is 1. The van der Waals surface area contributed by atoms with Crippen molar-refractivity contribution in [3.05, 3.63) is 59.7 Å². The van der Waals surface area contributed by atoms with Gasteiger partial charge >= 0.3 is 5.97 Å². The minimum Gasteiger partial charge on any atom is -0.427 e. The predicted molar refractivity (Wildman–Crippen MR) is 100 cm³/mol. The SMILES string of the molecule is CC(=O)Oc1ccc(/C=N\NC(=O)CCSc2ccc(C)cc2)cc1. The van der Waals surface area contributed by atoms with Crippen LogP contribution >= 0.6 is 11.8 Å². The lowest BCUT2D eigenvalue weighted by Crippen LogP contribution is -2.17. The van der Waals surface area contributed by atoms with Gasteiger partial charge in [0.15, 0.2) is 0 Å². The zero-order chi connectivity index (χ0) is 18.1. The summed E-state index contributed by atoms with van der Waals surface area (Å²) in [5, 5.41) is 3.93. The molecule has 0 atom stereocenters. The molecule has 0 aromatic heterocycles. The molecule has 0 aliphatic heterocycles. The van der Waals surface area contributed by atoms with E-state index in [-0.39, 0.29) is 11.9 Å². The van der Waals surface area contributed by atoms with Crippen LogP contribution in [-0.2, 0) is 9.59 Å². The molecule has 0 bridgehead atoms. The maximum atomic E-state index is 11.8. The standard InChI is InChI=1S/C19H20N2O3S/c1-14-3-9-18(10-4-14)25-12-11-19(23)21-20-13-16-5-7-17(8-6-16)24-15(2)22/h3-10,13H,11-12H2,1-2H3,(H,21,23)/b20-13-. The number of hydrogen-bond acceptors (Lipinski definition) is 5. The van der Waals surface area contributed by atoms with Crippen molar-refractivity contribution >= 4 is 29.9 Å². The summed E-state index contributed by atoms with van der Waals surface area (Å²) < 4.78 is 4.94. The Bertz CT molecular complexity index is 740. The largest absolute Gasteiger partial charge is 0.427 e. The summed E-state index contributed by atoms with van der Waals surface area (Å²) in [5.74, 6) is 0.674. The van der Waals surface area contributed by atoms with Crippen molar-refractivity contribution in [2.24, 2.45) is 5.10 Å². The van der Waals surface area contributed by atoms with Crippen LogP contribution in [0.2, 0.25) is 0 Å². The Kier molecular flexibility index (Phi) is 7.22. The number of nitrogens with one attached hydrogen (secondary N) is 1. The second-order valence-electron chi connectivity index (χ2n) is 5.37. The highest BCUT2D eigenvalue weighted by molar-refractivity contribution is 7.99. The van der Waals surface area contributed by atoms with E-state index in [1.54, 1.807) is 42.2 Å². The first-order chi connectivity index (χ1) is 12.0. The van der Waals surface area contributed by atoms with E-state index in [1.165, 1.54) is 12.5 Å². The fourth-order valence-corrected chi connectivity index (χ4v) is 2.77. The smallest absolute Gasteiger partial charge is 0.308 e. The Hall–Kier alpha value is -2.60. The van der Waals surface area contributed by atoms with Gasteiger partial charge in [-0.2, -0.15) is 5.10 Å². The van der Waals surface area contributed by atoms with Gasteiger partial charge in [-0.1, -0.05) is 17.7 Å². The molecule has 0 fully saturated rings. The molecule has 0 saturated heterocycles. The van der Waals surface area contributed by atoms with Gasteiger partial charge in [-0.05, 0) is 48.9 Å². The van der Waals surface area contributed by atoms with Gasteiger partial charge in [-0.25, -0.2) is 5.43 Å². The number of amides is 1. The number of rotatable bonds is 7. The van der Waals surface area contributed by atoms with Crippen LogP contribution < -0.4 is 10.2 Å². The minimum absolute atomic E-state index is 0.132. The molecular formula is C19H20N2O3S. The summed E-state index contributed by atoms with van der Waals surface area (Å²) in [5.41, 5.74) is 4.52. The Balaban J connectivity index is 1.71. The number of esters is 1. The van der Waals surface area contributed by atoms with Crippen LogP contribution in [0.3, 0.4) is 0 Å². The van der Waals surface area contributed by atoms with Gasteiger partial charge in [-0.3, -0.25) is 9.59 Å². The van der Waals surface area contributed by atoms with Crippen molar-refractivity contribution in [2.45, 2.75) is 25.2 Å². The van der Waals surface area contributed by atoms with Crippen LogP contribution in [-0.4, -0.2) is 23.8 Å². The van der Waals surface area contributed by atoms with Crippen LogP contribution in [0, 0.1) is 6.92 Å². The van der Waals surface area contributed by atoms with E-state index in [4.69, 9.17) is 4.74 Å².